The highest BCUT2D eigenvalue weighted by Gasteiger charge is 1.99. The molecule has 1 N–H and O–H groups in total. The Labute approximate surface area is 125 Å². The van der Waals surface area contributed by atoms with Crippen LogP contribution in [0.2, 0.25) is 0 Å². The summed E-state index contributed by atoms with van der Waals surface area (Å²) >= 11 is 0. The van der Waals surface area contributed by atoms with Crippen molar-refractivity contribution in [3.05, 3.63) is 12.2 Å². The number of carbonyl (C=O) groups is 1. The highest BCUT2D eigenvalue weighted by Crippen LogP contribution is 2.10. The highest BCUT2D eigenvalue weighted by molar-refractivity contribution is 5.91. The van der Waals surface area contributed by atoms with Crippen molar-refractivity contribution in [2.75, 3.05) is 20.3 Å². The fraction of sp³-hybridized carbons (Fsp3) is 0.824. The fourth-order valence-electron chi connectivity index (χ4n) is 2.14. The molecule has 3 nitrogen and oxygen atoms in total. The molecule has 0 rings (SSSR count). The molecule has 20 heavy (non-hydrogen) atoms. The van der Waals surface area contributed by atoms with Crippen LogP contribution >= 0.6 is 0 Å². The molecule has 0 aliphatic carbocycles. The first-order valence-electron chi connectivity index (χ1n) is 8.11. The number of unbranched alkanes of at least 4 members (excludes halogenated alkanes) is 9. The second-order valence-corrected chi connectivity index (χ2v) is 5.56. The van der Waals surface area contributed by atoms with Crippen LogP contribution in [0.1, 0.15) is 71.1 Å². The summed E-state index contributed by atoms with van der Waals surface area (Å²) in [5.74, 6) is -0.0153. The second kappa shape index (κ2) is 14.6. The van der Waals surface area contributed by atoms with Gasteiger partial charge < -0.3 is 10.1 Å². The molecular weight excluding hydrogens is 250 g/mol. The zero-order chi connectivity index (χ0) is 15.1. The van der Waals surface area contributed by atoms with E-state index in [0.29, 0.717) is 5.57 Å². The summed E-state index contributed by atoms with van der Waals surface area (Å²) in [4.78, 5) is 11.2. The molecule has 0 spiro atoms. The van der Waals surface area contributed by atoms with Gasteiger partial charge in [0, 0.05) is 25.8 Å². The summed E-state index contributed by atoms with van der Waals surface area (Å²) in [6, 6.07) is 0. The van der Waals surface area contributed by atoms with Crippen molar-refractivity contribution in [3.63, 3.8) is 0 Å². The number of nitrogens with one attached hydrogen (secondary N) is 1. The maximum atomic E-state index is 11.2. The SMILES string of the molecule is C=C(C)C(=O)NCCCCCCCCCCCCOC. The molecule has 0 atom stereocenters. The van der Waals surface area contributed by atoms with E-state index in [2.05, 4.69) is 11.9 Å². The predicted molar refractivity (Wildman–Crippen MR) is 85.9 cm³/mol. The van der Waals surface area contributed by atoms with Gasteiger partial charge in [0.2, 0.25) is 5.91 Å². The molecule has 0 heterocycles. The lowest BCUT2D eigenvalue weighted by Gasteiger charge is -2.05. The molecule has 0 aromatic carbocycles. The Morgan fingerprint density at radius 2 is 1.35 bits per heavy atom. The number of hydrogen-bond donors (Lipinski definition) is 1. The quantitative estimate of drug-likeness (QED) is 0.383. The standard InChI is InChI=1S/C17H33NO2/c1-16(2)17(19)18-14-12-10-8-6-4-5-7-9-11-13-15-20-3/h1,4-15H2,2-3H3,(H,18,19). The Morgan fingerprint density at radius 1 is 0.900 bits per heavy atom. The Balaban J connectivity index is 3.06. The molecule has 0 aromatic heterocycles. The zero-order valence-electron chi connectivity index (χ0n) is 13.5. The van der Waals surface area contributed by atoms with Crippen molar-refractivity contribution in [1.82, 2.24) is 5.32 Å². The summed E-state index contributed by atoms with van der Waals surface area (Å²) in [6.07, 6.45) is 12.8. The summed E-state index contributed by atoms with van der Waals surface area (Å²) in [5.41, 5.74) is 0.593. The van der Waals surface area contributed by atoms with E-state index < -0.39 is 0 Å². The minimum atomic E-state index is -0.0153. The van der Waals surface area contributed by atoms with Crippen LogP contribution in [0.5, 0.6) is 0 Å². The third-order valence-corrected chi connectivity index (χ3v) is 3.45. The van der Waals surface area contributed by atoms with Crippen LogP contribution in [-0.2, 0) is 9.53 Å². The summed E-state index contributed by atoms with van der Waals surface area (Å²) < 4.78 is 5.03. The van der Waals surface area contributed by atoms with Crippen molar-refractivity contribution in [2.24, 2.45) is 0 Å². The first-order chi connectivity index (χ1) is 9.68. The molecule has 0 saturated heterocycles. The van der Waals surface area contributed by atoms with Gasteiger partial charge in [0.15, 0.2) is 0 Å². The second-order valence-electron chi connectivity index (χ2n) is 5.56. The molecule has 0 aromatic rings. The van der Waals surface area contributed by atoms with Crippen molar-refractivity contribution in [2.45, 2.75) is 71.1 Å². The number of ether oxygens (including phenoxy) is 1. The van der Waals surface area contributed by atoms with E-state index >= 15 is 0 Å². The van der Waals surface area contributed by atoms with Crippen molar-refractivity contribution >= 4 is 5.91 Å². The normalized spacial score (nSPS) is 10.5. The summed E-state index contributed by atoms with van der Waals surface area (Å²) in [6.45, 7) is 7.04. The lowest BCUT2D eigenvalue weighted by Crippen LogP contribution is -2.24. The number of rotatable bonds is 14. The van der Waals surface area contributed by atoms with Crippen LogP contribution in [0.25, 0.3) is 0 Å². The van der Waals surface area contributed by atoms with Crippen LogP contribution in [0, 0.1) is 0 Å². The molecule has 0 saturated carbocycles. The van der Waals surface area contributed by atoms with Crippen molar-refractivity contribution in [3.8, 4) is 0 Å². The Hall–Kier alpha value is -0.830. The monoisotopic (exact) mass is 283 g/mol. The van der Waals surface area contributed by atoms with Crippen LogP contribution in [0.4, 0.5) is 0 Å². The summed E-state index contributed by atoms with van der Waals surface area (Å²) in [5, 5.41) is 2.87. The van der Waals surface area contributed by atoms with E-state index in [4.69, 9.17) is 4.74 Å². The van der Waals surface area contributed by atoms with Gasteiger partial charge in [-0.3, -0.25) is 4.79 Å². The maximum Gasteiger partial charge on any atom is 0.246 e. The van der Waals surface area contributed by atoms with Crippen molar-refractivity contribution in [1.29, 1.82) is 0 Å². The van der Waals surface area contributed by atoms with E-state index in [0.717, 1.165) is 19.6 Å². The third-order valence-electron chi connectivity index (χ3n) is 3.45. The Kier molecular flexibility index (Phi) is 14.0. The highest BCUT2D eigenvalue weighted by atomic mass is 16.5. The largest absolute Gasteiger partial charge is 0.385 e. The molecule has 1 amide bonds. The van der Waals surface area contributed by atoms with Gasteiger partial charge in [-0.2, -0.15) is 0 Å². The van der Waals surface area contributed by atoms with Crippen LogP contribution in [0.3, 0.4) is 0 Å². The molecule has 0 radical (unpaired) electrons. The van der Waals surface area contributed by atoms with Gasteiger partial charge >= 0.3 is 0 Å². The van der Waals surface area contributed by atoms with Gasteiger partial charge in [-0.25, -0.2) is 0 Å². The number of methoxy groups -OCH3 is 1. The predicted octanol–water partition coefficient (Wildman–Crippen LogP) is 4.23. The number of carbonyl (C=O) groups excluding carboxylic acids is 1. The van der Waals surface area contributed by atoms with Gasteiger partial charge in [-0.1, -0.05) is 57.9 Å². The molecular formula is C17H33NO2. The lowest BCUT2D eigenvalue weighted by molar-refractivity contribution is -0.117. The zero-order valence-corrected chi connectivity index (χ0v) is 13.5. The number of hydrogen-bond acceptors (Lipinski definition) is 2. The van der Waals surface area contributed by atoms with Gasteiger partial charge in [-0.15, -0.1) is 0 Å². The van der Waals surface area contributed by atoms with E-state index in [1.807, 2.05) is 0 Å². The van der Waals surface area contributed by atoms with Gasteiger partial charge in [0.25, 0.3) is 0 Å². The first-order valence-corrected chi connectivity index (χ1v) is 8.11. The average molecular weight is 283 g/mol. The van der Waals surface area contributed by atoms with Crippen LogP contribution in [-0.4, -0.2) is 26.2 Å². The molecule has 0 aliphatic rings. The number of amides is 1. The summed E-state index contributed by atoms with van der Waals surface area (Å²) in [7, 11) is 1.77. The Morgan fingerprint density at radius 3 is 1.80 bits per heavy atom. The van der Waals surface area contributed by atoms with E-state index in [9.17, 15) is 4.79 Å². The first kappa shape index (κ1) is 19.2. The average Bonchev–Trinajstić information content (AvgIpc) is 2.43. The third kappa shape index (κ3) is 13.6. The van der Waals surface area contributed by atoms with Crippen LogP contribution in [0.15, 0.2) is 12.2 Å². The van der Waals surface area contributed by atoms with Crippen LogP contribution < -0.4 is 5.32 Å². The molecule has 0 fully saturated rings. The van der Waals surface area contributed by atoms with Gasteiger partial charge in [0.1, 0.15) is 0 Å². The molecule has 118 valence electrons. The van der Waals surface area contributed by atoms with Crippen molar-refractivity contribution < 1.29 is 9.53 Å². The van der Waals surface area contributed by atoms with Gasteiger partial charge in [0.05, 0.1) is 0 Å². The molecule has 3 heteroatoms. The topological polar surface area (TPSA) is 38.3 Å². The maximum absolute atomic E-state index is 11.2. The minimum Gasteiger partial charge on any atom is -0.385 e. The fourth-order valence-corrected chi connectivity index (χ4v) is 2.14. The molecule has 0 unspecified atom stereocenters. The van der Waals surface area contributed by atoms with Gasteiger partial charge in [-0.05, 0) is 19.8 Å². The smallest absolute Gasteiger partial charge is 0.246 e. The van der Waals surface area contributed by atoms with E-state index in [1.54, 1.807) is 14.0 Å². The molecule has 0 aliphatic heterocycles. The minimum absolute atomic E-state index is 0.0153. The van der Waals surface area contributed by atoms with E-state index in [1.165, 1.54) is 57.8 Å². The lowest BCUT2D eigenvalue weighted by atomic mass is 10.1. The van der Waals surface area contributed by atoms with E-state index in [-0.39, 0.29) is 5.91 Å². The molecule has 0 bridgehead atoms. The Bertz CT molecular complexity index is 251.